The lowest BCUT2D eigenvalue weighted by Gasteiger charge is -2.41. The van der Waals surface area contributed by atoms with Crippen molar-refractivity contribution < 1.29 is 24.1 Å². The van der Waals surface area contributed by atoms with Gasteiger partial charge in [-0.15, -0.1) is 0 Å². The SMILES string of the molecule is COc1ccc(COC(c2ccccc2)(c2ccc(OC)cc2)C2CN(C(=O)CCCCCN)CC2O)cc1. The summed E-state index contributed by atoms with van der Waals surface area (Å²) in [5.41, 5.74) is 7.39. The quantitative estimate of drug-likeness (QED) is 0.315. The first-order chi connectivity index (χ1) is 19.0. The zero-order valence-corrected chi connectivity index (χ0v) is 22.9. The van der Waals surface area contributed by atoms with Gasteiger partial charge < -0.3 is 30.0 Å². The molecule has 39 heavy (non-hydrogen) atoms. The molecule has 7 nitrogen and oxygen atoms in total. The maximum atomic E-state index is 13.1. The number of β-amino-alcohol motifs (C(OH)–C–C–N with tert-alkyl or cyclic N) is 1. The molecule has 1 saturated heterocycles. The van der Waals surface area contributed by atoms with Crippen LogP contribution in [0.15, 0.2) is 78.9 Å². The van der Waals surface area contributed by atoms with E-state index in [0.717, 1.165) is 47.5 Å². The van der Waals surface area contributed by atoms with Crippen molar-refractivity contribution in [3.63, 3.8) is 0 Å². The van der Waals surface area contributed by atoms with E-state index in [2.05, 4.69) is 0 Å². The van der Waals surface area contributed by atoms with Gasteiger partial charge in [0.1, 0.15) is 17.1 Å². The van der Waals surface area contributed by atoms with Crippen molar-refractivity contribution in [2.24, 2.45) is 11.7 Å². The number of hydrogen-bond acceptors (Lipinski definition) is 6. The van der Waals surface area contributed by atoms with E-state index < -0.39 is 11.7 Å². The van der Waals surface area contributed by atoms with Crippen LogP contribution in [0.4, 0.5) is 0 Å². The summed E-state index contributed by atoms with van der Waals surface area (Å²) in [5.74, 6) is 1.17. The molecule has 1 aliphatic heterocycles. The molecule has 3 unspecified atom stereocenters. The molecule has 3 aromatic carbocycles. The number of methoxy groups -OCH3 is 2. The van der Waals surface area contributed by atoms with Crippen molar-refractivity contribution in [3.8, 4) is 11.5 Å². The van der Waals surface area contributed by atoms with Crippen molar-refractivity contribution in [1.82, 2.24) is 4.90 Å². The Bertz CT molecular complexity index is 1170. The zero-order valence-electron chi connectivity index (χ0n) is 22.9. The number of ether oxygens (including phenoxy) is 3. The van der Waals surface area contributed by atoms with E-state index in [9.17, 15) is 9.90 Å². The number of rotatable bonds is 13. The fraction of sp³-hybridized carbons (Fsp3) is 0.406. The highest BCUT2D eigenvalue weighted by molar-refractivity contribution is 5.76. The van der Waals surface area contributed by atoms with Crippen molar-refractivity contribution in [2.45, 2.75) is 44.0 Å². The molecule has 0 aromatic heterocycles. The maximum Gasteiger partial charge on any atom is 0.222 e. The van der Waals surface area contributed by atoms with E-state index in [1.54, 1.807) is 19.1 Å². The van der Waals surface area contributed by atoms with Gasteiger partial charge in [0, 0.05) is 25.4 Å². The Hall–Kier alpha value is -3.39. The molecule has 3 atom stereocenters. The van der Waals surface area contributed by atoms with Gasteiger partial charge in [-0.05, 0) is 60.3 Å². The minimum Gasteiger partial charge on any atom is -0.497 e. The Labute approximate surface area is 231 Å². The number of carbonyl (C=O) groups excluding carboxylic acids is 1. The average molecular weight is 533 g/mol. The highest BCUT2D eigenvalue weighted by atomic mass is 16.5. The first-order valence-electron chi connectivity index (χ1n) is 13.6. The summed E-state index contributed by atoms with van der Waals surface area (Å²) in [6.45, 7) is 1.60. The molecule has 208 valence electrons. The van der Waals surface area contributed by atoms with Gasteiger partial charge in [-0.1, -0.05) is 61.0 Å². The standard InChI is InChI=1S/C32H40N2O5/c1-37-27-16-12-24(13-17-27)23-39-32(25-9-5-3-6-10-25,26-14-18-28(38-2)19-15-26)29-21-34(22-30(29)35)31(36)11-7-4-8-20-33/h3,5-6,9-10,12-19,29-30,35H,4,7-8,11,20-23,33H2,1-2H3. The number of unbranched alkanes of at least 4 members (excludes halogenated alkanes) is 2. The van der Waals surface area contributed by atoms with E-state index in [-0.39, 0.29) is 18.4 Å². The van der Waals surface area contributed by atoms with Crippen LogP contribution in [0.3, 0.4) is 0 Å². The Morgan fingerprint density at radius 1 is 0.872 bits per heavy atom. The van der Waals surface area contributed by atoms with Gasteiger partial charge in [0.15, 0.2) is 0 Å². The van der Waals surface area contributed by atoms with E-state index in [1.807, 2.05) is 78.9 Å². The Kier molecular flexibility index (Phi) is 9.98. The molecule has 0 aliphatic carbocycles. The Balaban J connectivity index is 1.72. The lowest BCUT2D eigenvalue weighted by molar-refractivity contribution is -0.131. The largest absolute Gasteiger partial charge is 0.497 e. The molecule has 1 aliphatic rings. The molecule has 0 bridgehead atoms. The number of benzene rings is 3. The van der Waals surface area contributed by atoms with E-state index >= 15 is 0 Å². The molecule has 3 aromatic rings. The average Bonchev–Trinajstić information content (AvgIpc) is 3.38. The molecular weight excluding hydrogens is 492 g/mol. The van der Waals surface area contributed by atoms with Gasteiger partial charge in [-0.2, -0.15) is 0 Å². The lowest BCUT2D eigenvalue weighted by Crippen LogP contribution is -2.45. The molecule has 3 N–H and O–H groups in total. The number of nitrogens with two attached hydrogens (primary N) is 1. The van der Waals surface area contributed by atoms with Crippen molar-refractivity contribution in [1.29, 1.82) is 0 Å². The second-order valence-corrected chi connectivity index (χ2v) is 10.0. The highest BCUT2D eigenvalue weighted by Crippen LogP contribution is 2.46. The van der Waals surface area contributed by atoms with Crippen LogP contribution in [0.5, 0.6) is 11.5 Å². The van der Waals surface area contributed by atoms with Crippen LogP contribution in [-0.2, 0) is 21.7 Å². The number of likely N-dealkylation sites (tertiary alicyclic amines) is 1. The first-order valence-corrected chi connectivity index (χ1v) is 13.6. The second kappa shape index (κ2) is 13.6. The predicted molar refractivity (Wildman–Crippen MR) is 152 cm³/mol. The number of aliphatic hydroxyl groups excluding tert-OH is 1. The molecule has 0 spiro atoms. The van der Waals surface area contributed by atoms with E-state index in [4.69, 9.17) is 19.9 Å². The molecule has 0 radical (unpaired) electrons. The van der Waals surface area contributed by atoms with Crippen LogP contribution >= 0.6 is 0 Å². The van der Waals surface area contributed by atoms with Crippen LogP contribution in [0.1, 0.15) is 42.4 Å². The first kappa shape index (κ1) is 28.6. The summed E-state index contributed by atoms with van der Waals surface area (Å²) in [7, 11) is 3.28. The third-order valence-corrected chi connectivity index (χ3v) is 7.61. The van der Waals surface area contributed by atoms with Crippen LogP contribution in [0.2, 0.25) is 0 Å². The van der Waals surface area contributed by atoms with Crippen molar-refractivity contribution in [3.05, 3.63) is 95.6 Å². The summed E-state index contributed by atoms with van der Waals surface area (Å²) >= 11 is 0. The van der Waals surface area contributed by atoms with Gasteiger partial charge in [0.2, 0.25) is 5.91 Å². The molecule has 4 rings (SSSR count). The van der Waals surface area contributed by atoms with Crippen molar-refractivity contribution in [2.75, 3.05) is 33.9 Å². The monoisotopic (exact) mass is 532 g/mol. The molecule has 1 heterocycles. The summed E-state index contributed by atoms with van der Waals surface area (Å²) < 4.78 is 17.7. The zero-order chi connectivity index (χ0) is 27.7. The number of nitrogens with zero attached hydrogens (tertiary/aromatic N) is 1. The Morgan fingerprint density at radius 2 is 1.49 bits per heavy atom. The van der Waals surface area contributed by atoms with Crippen LogP contribution < -0.4 is 15.2 Å². The third kappa shape index (κ3) is 6.61. The van der Waals surface area contributed by atoms with Crippen LogP contribution in [0.25, 0.3) is 0 Å². The molecular formula is C32H40N2O5. The highest BCUT2D eigenvalue weighted by Gasteiger charge is 2.51. The summed E-state index contributed by atoms with van der Waals surface area (Å²) in [4.78, 5) is 14.9. The molecule has 7 heteroatoms. The van der Waals surface area contributed by atoms with Gasteiger partial charge in [-0.25, -0.2) is 0 Å². The molecule has 1 amide bonds. The number of hydrogen-bond donors (Lipinski definition) is 2. The Morgan fingerprint density at radius 3 is 2.10 bits per heavy atom. The van der Waals surface area contributed by atoms with Crippen LogP contribution in [0, 0.1) is 5.92 Å². The normalized spacial score (nSPS) is 18.5. The third-order valence-electron chi connectivity index (χ3n) is 7.61. The molecule has 0 saturated carbocycles. The fourth-order valence-electron chi connectivity index (χ4n) is 5.46. The summed E-state index contributed by atoms with van der Waals surface area (Å²) in [6.07, 6.45) is 2.31. The fourth-order valence-corrected chi connectivity index (χ4v) is 5.46. The second-order valence-electron chi connectivity index (χ2n) is 10.0. The smallest absolute Gasteiger partial charge is 0.222 e. The number of aliphatic hydroxyl groups is 1. The maximum absolute atomic E-state index is 13.1. The summed E-state index contributed by atoms with van der Waals surface area (Å²) in [6, 6.07) is 25.6. The topological polar surface area (TPSA) is 94.2 Å². The van der Waals surface area contributed by atoms with Gasteiger partial charge in [0.05, 0.1) is 26.9 Å². The van der Waals surface area contributed by atoms with Gasteiger partial charge in [0.25, 0.3) is 0 Å². The molecule has 1 fully saturated rings. The minimum atomic E-state index is -1.01. The minimum absolute atomic E-state index is 0.0559. The van der Waals surface area contributed by atoms with E-state index in [1.165, 1.54) is 0 Å². The lowest BCUT2D eigenvalue weighted by atomic mass is 9.74. The van der Waals surface area contributed by atoms with Gasteiger partial charge >= 0.3 is 0 Å². The number of amides is 1. The number of carbonyl (C=O) groups is 1. The van der Waals surface area contributed by atoms with E-state index in [0.29, 0.717) is 26.1 Å². The van der Waals surface area contributed by atoms with Gasteiger partial charge in [-0.3, -0.25) is 4.79 Å². The summed E-state index contributed by atoms with van der Waals surface area (Å²) in [5, 5.41) is 11.5. The predicted octanol–water partition coefficient (Wildman–Crippen LogP) is 4.50. The van der Waals surface area contributed by atoms with Crippen molar-refractivity contribution >= 4 is 5.91 Å². The van der Waals surface area contributed by atoms with Crippen LogP contribution in [-0.4, -0.2) is 55.9 Å².